The molecule has 0 fully saturated rings. The van der Waals surface area contributed by atoms with E-state index in [0.29, 0.717) is 16.8 Å². The maximum absolute atomic E-state index is 12.3. The van der Waals surface area contributed by atoms with Crippen molar-refractivity contribution in [3.63, 3.8) is 0 Å². The van der Waals surface area contributed by atoms with Gasteiger partial charge >= 0.3 is 0 Å². The van der Waals surface area contributed by atoms with Crippen molar-refractivity contribution in [2.75, 3.05) is 5.43 Å². The third-order valence-electron chi connectivity index (χ3n) is 3.98. The summed E-state index contributed by atoms with van der Waals surface area (Å²) in [6.07, 6.45) is 0.775. The molecule has 0 aliphatic heterocycles. The summed E-state index contributed by atoms with van der Waals surface area (Å²) < 4.78 is 24.6. The van der Waals surface area contributed by atoms with Gasteiger partial charge in [0.15, 0.2) is 6.29 Å². The molecule has 0 heterocycles. The zero-order valence-electron chi connectivity index (χ0n) is 15.1. The first-order valence-electron chi connectivity index (χ1n) is 8.49. The fraction of sp³-hybridized carbons (Fsp3) is 0.0455. The third-order valence-corrected chi connectivity index (χ3v) is 5.24. The fourth-order valence-electron chi connectivity index (χ4n) is 2.39. The van der Waals surface area contributed by atoms with Gasteiger partial charge in [-0.25, -0.2) is 8.42 Å². The molecular formula is C22H18N2O3S. The van der Waals surface area contributed by atoms with E-state index in [4.69, 9.17) is 0 Å². The van der Waals surface area contributed by atoms with Crippen molar-refractivity contribution in [1.29, 1.82) is 0 Å². The zero-order chi connectivity index (χ0) is 20.0. The summed E-state index contributed by atoms with van der Waals surface area (Å²) >= 11 is 0. The first-order valence-corrected chi connectivity index (χ1v) is 9.97. The molecule has 6 heteroatoms. The number of nitrogens with one attached hydrogen (secondary N) is 2. The number of hydrogen-bond acceptors (Lipinski definition) is 4. The van der Waals surface area contributed by atoms with Gasteiger partial charge in [0, 0.05) is 22.4 Å². The molecule has 0 saturated heterocycles. The minimum Gasteiger partial charge on any atom is -0.308 e. The van der Waals surface area contributed by atoms with Crippen LogP contribution in [0, 0.1) is 18.8 Å². The van der Waals surface area contributed by atoms with Crippen molar-refractivity contribution in [2.45, 2.75) is 11.8 Å². The van der Waals surface area contributed by atoms with E-state index >= 15 is 0 Å². The van der Waals surface area contributed by atoms with E-state index in [-0.39, 0.29) is 4.90 Å². The first kappa shape index (κ1) is 19.4. The van der Waals surface area contributed by atoms with E-state index in [2.05, 4.69) is 22.1 Å². The number of anilines is 1. The van der Waals surface area contributed by atoms with Gasteiger partial charge in [0.05, 0.1) is 4.90 Å². The Balaban J connectivity index is 1.67. The molecule has 0 aromatic heterocycles. The van der Waals surface area contributed by atoms with Gasteiger partial charge in [-0.3, -0.25) is 4.79 Å². The van der Waals surface area contributed by atoms with Crippen LogP contribution in [-0.2, 0) is 10.0 Å². The molecule has 0 radical (unpaired) electrons. The molecule has 0 aliphatic carbocycles. The van der Waals surface area contributed by atoms with E-state index in [1.54, 1.807) is 66.7 Å². The molecule has 0 unspecified atom stereocenters. The highest BCUT2D eigenvalue weighted by atomic mass is 32.2. The van der Waals surface area contributed by atoms with Crippen LogP contribution in [0.1, 0.15) is 27.0 Å². The highest BCUT2D eigenvalue weighted by Crippen LogP contribution is 2.12. The number of rotatable bonds is 5. The average Bonchev–Trinajstić information content (AvgIpc) is 2.72. The Hall–Kier alpha value is -3.40. The maximum atomic E-state index is 12.3. The van der Waals surface area contributed by atoms with Gasteiger partial charge in [0.25, 0.3) is 10.0 Å². The Morgan fingerprint density at radius 1 is 0.857 bits per heavy atom. The van der Waals surface area contributed by atoms with Crippen LogP contribution in [0.2, 0.25) is 0 Å². The number of hydrogen-bond donors (Lipinski definition) is 2. The Kier molecular flexibility index (Phi) is 5.90. The lowest BCUT2D eigenvalue weighted by Gasteiger charge is -2.09. The van der Waals surface area contributed by atoms with Gasteiger partial charge in [0.1, 0.15) is 0 Å². The van der Waals surface area contributed by atoms with E-state index in [1.807, 2.05) is 13.0 Å². The Labute approximate surface area is 164 Å². The highest BCUT2D eigenvalue weighted by Gasteiger charge is 2.12. The maximum Gasteiger partial charge on any atom is 0.257 e. The van der Waals surface area contributed by atoms with Crippen LogP contribution in [-0.4, -0.2) is 14.7 Å². The summed E-state index contributed by atoms with van der Waals surface area (Å²) in [6.45, 7) is 1.89. The lowest BCUT2D eigenvalue weighted by atomic mass is 10.1. The summed E-state index contributed by atoms with van der Waals surface area (Å²) in [5.41, 5.74) is 6.19. The minimum atomic E-state index is -3.66. The van der Waals surface area contributed by atoms with E-state index in [1.165, 1.54) is 0 Å². The molecule has 0 bridgehead atoms. The van der Waals surface area contributed by atoms with Gasteiger partial charge in [-0.2, -0.15) is 0 Å². The Morgan fingerprint density at radius 2 is 1.54 bits per heavy atom. The van der Waals surface area contributed by atoms with Crippen LogP contribution in [0.15, 0.2) is 77.7 Å². The van der Waals surface area contributed by atoms with Gasteiger partial charge in [-0.1, -0.05) is 47.7 Å². The monoisotopic (exact) mass is 390 g/mol. The second-order valence-corrected chi connectivity index (χ2v) is 7.76. The van der Waals surface area contributed by atoms with Gasteiger partial charge in [-0.05, 0) is 49.4 Å². The molecule has 0 atom stereocenters. The van der Waals surface area contributed by atoms with Crippen molar-refractivity contribution in [2.24, 2.45) is 0 Å². The molecule has 3 aromatic rings. The number of carbonyl (C=O) groups is 1. The molecule has 0 aliphatic rings. The van der Waals surface area contributed by atoms with Crippen LogP contribution in [0.4, 0.5) is 5.69 Å². The zero-order valence-corrected chi connectivity index (χ0v) is 16.0. The highest BCUT2D eigenvalue weighted by molar-refractivity contribution is 7.89. The lowest BCUT2D eigenvalue weighted by Crippen LogP contribution is -2.29. The largest absolute Gasteiger partial charge is 0.308 e. The minimum absolute atomic E-state index is 0.182. The summed E-state index contributed by atoms with van der Waals surface area (Å²) in [5.74, 6) is 5.96. The van der Waals surface area contributed by atoms with Gasteiger partial charge < -0.3 is 5.43 Å². The molecule has 28 heavy (non-hydrogen) atoms. The standard InChI is InChI=1S/C22H18N2O3S/c1-17-6-14-22(15-7-17)28(26,27)24-23-21-12-9-18(10-13-21)8-11-19-4-2-3-5-20(19)16-25/h2-7,9-10,12-16,23-24H,1H3. The fourth-order valence-corrected chi connectivity index (χ4v) is 3.26. The van der Waals surface area contributed by atoms with Gasteiger partial charge in [0.2, 0.25) is 0 Å². The predicted octanol–water partition coefficient (Wildman–Crippen LogP) is 3.51. The number of aryl methyl sites for hydroxylation is 1. The molecule has 0 amide bonds. The number of benzene rings is 3. The molecule has 140 valence electrons. The summed E-state index contributed by atoms with van der Waals surface area (Å²) in [7, 11) is -3.66. The smallest absolute Gasteiger partial charge is 0.257 e. The first-order chi connectivity index (χ1) is 13.5. The second-order valence-electron chi connectivity index (χ2n) is 6.08. The molecule has 3 aromatic carbocycles. The van der Waals surface area contributed by atoms with Crippen LogP contribution in [0.5, 0.6) is 0 Å². The predicted molar refractivity (Wildman–Crippen MR) is 109 cm³/mol. The van der Waals surface area contributed by atoms with E-state index in [0.717, 1.165) is 17.4 Å². The van der Waals surface area contributed by atoms with Crippen LogP contribution in [0.3, 0.4) is 0 Å². The number of aldehydes is 1. The number of sulfonamides is 1. The molecule has 3 rings (SSSR count). The second kappa shape index (κ2) is 8.53. The molecule has 5 nitrogen and oxygen atoms in total. The number of hydrazine groups is 1. The van der Waals surface area contributed by atoms with Crippen LogP contribution in [0.25, 0.3) is 0 Å². The topological polar surface area (TPSA) is 75.3 Å². The van der Waals surface area contributed by atoms with Crippen molar-refractivity contribution >= 4 is 22.0 Å². The van der Waals surface area contributed by atoms with E-state index in [9.17, 15) is 13.2 Å². The van der Waals surface area contributed by atoms with Crippen molar-refractivity contribution in [3.8, 4) is 11.8 Å². The average molecular weight is 390 g/mol. The van der Waals surface area contributed by atoms with Gasteiger partial charge in [-0.15, -0.1) is 4.83 Å². The summed E-state index contributed by atoms with van der Waals surface area (Å²) in [5, 5.41) is 0. The summed E-state index contributed by atoms with van der Waals surface area (Å²) in [4.78, 5) is 13.6. The van der Waals surface area contributed by atoms with E-state index < -0.39 is 10.0 Å². The molecular weight excluding hydrogens is 372 g/mol. The summed E-state index contributed by atoms with van der Waals surface area (Å²) in [6, 6.07) is 20.6. The van der Waals surface area contributed by atoms with Crippen LogP contribution < -0.4 is 10.3 Å². The number of carbonyl (C=O) groups excluding carboxylic acids is 1. The normalized spacial score (nSPS) is 10.6. The molecule has 0 saturated carbocycles. The van der Waals surface area contributed by atoms with Crippen LogP contribution >= 0.6 is 0 Å². The Morgan fingerprint density at radius 3 is 2.21 bits per heavy atom. The quantitative estimate of drug-likeness (QED) is 0.397. The van der Waals surface area contributed by atoms with Crippen molar-refractivity contribution < 1.29 is 13.2 Å². The molecule has 2 N–H and O–H groups in total. The molecule has 0 spiro atoms. The van der Waals surface area contributed by atoms with Crippen molar-refractivity contribution in [1.82, 2.24) is 4.83 Å². The van der Waals surface area contributed by atoms with Crippen molar-refractivity contribution in [3.05, 3.63) is 95.1 Å². The Bertz CT molecular complexity index is 1140. The lowest BCUT2D eigenvalue weighted by molar-refractivity contribution is 0.112. The third kappa shape index (κ3) is 4.86. The SMILES string of the molecule is Cc1ccc(S(=O)(=O)NNc2ccc(C#Cc3ccccc3C=O)cc2)cc1.